The van der Waals surface area contributed by atoms with Crippen molar-refractivity contribution < 1.29 is 9.32 Å². The van der Waals surface area contributed by atoms with E-state index >= 15 is 0 Å². The molecule has 7 heteroatoms. The first-order valence-electron chi connectivity index (χ1n) is 8.15. The summed E-state index contributed by atoms with van der Waals surface area (Å²) in [5.74, 6) is 1.62. The Morgan fingerprint density at radius 1 is 1.36 bits per heavy atom. The standard InChI is InChI=1S/C18H16ClN3O2S/c19-13-3-1-2-11(10-13)4-7-15(23)20-14-8-9-25-16(14)18-21-17(22-24-18)12-5-6-12/h1-3,8-10,12H,4-7H2,(H,20,23). The Balaban J connectivity index is 1.40. The number of halogens is 1. The lowest BCUT2D eigenvalue weighted by molar-refractivity contribution is -0.116. The highest BCUT2D eigenvalue weighted by atomic mass is 35.5. The Kier molecular flexibility index (Phi) is 4.55. The SMILES string of the molecule is O=C(CCc1cccc(Cl)c1)Nc1ccsc1-c1nc(C2CC2)no1. The number of benzene rings is 1. The number of amides is 1. The van der Waals surface area contributed by atoms with Crippen LogP contribution in [0, 0.1) is 0 Å². The van der Waals surface area contributed by atoms with Gasteiger partial charge in [-0.3, -0.25) is 4.79 Å². The van der Waals surface area contributed by atoms with Crippen LogP contribution in [0.5, 0.6) is 0 Å². The van der Waals surface area contributed by atoms with Crippen LogP contribution in [-0.4, -0.2) is 16.0 Å². The molecule has 128 valence electrons. The molecule has 3 aromatic rings. The van der Waals surface area contributed by atoms with Gasteiger partial charge >= 0.3 is 0 Å². The fourth-order valence-electron chi connectivity index (χ4n) is 2.57. The van der Waals surface area contributed by atoms with E-state index in [1.807, 2.05) is 35.7 Å². The fourth-order valence-corrected chi connectivity index (χ4v) is 3.55. The summed E-state index contributed by atoms with van der Waals surface area (Å²) in [5, 5.41) is 9.56. The van der Waals surface area contributed by atoms with E-state index in [2.05, 4.69) is 15.5 Å². The Bertz CT molecular complexity index is 901. The Labute approximate surface area is 154 Å². The summed E-state index contributed by atoms with van der Waals surface area (Å²) in [6.45, 7) is 0. The topological polar surface area (TPSA) is 68.0 Å². The average molecular weight is 374 g/mol. The highest BCUT2D eigenvalue weighted by Crippen LogP contribution is 2.40. The van der Waals surface area contributed by atoms with Gasteiger partial charge in [-0.05, 0) is 48.4 Å². The van der Waals surface area contributed by atoms with Crippen LogP contribution < -0.4 is 5.32 Å². The van der Waals surface area contributed by atoms with Gasteiger partial charge in [-0.1, -0.05) is 28.9 Å². The zero-order chi connectivity index (χ0) is 17.2. The largest absolute Gasteiger partial charge is 0.333 e. The predicted octanol–water partition coefficient (Wildman–Crippen LogP) is 4.90. The van der Waals surface area contributed by atoms with Crippen LogP contribution in [-0.2, 0) is 11.2 Å². The number of hydrogen-bond donors (Lipinski definition) is 1. The Morgan fingerprint density at radius 3 is 3.04 bits per heavy atom. The van der Waals surface area contributed by atoms with Crippen molar-refractivity contribution in [2.24, 2.45) is 0 Å². The third-order valence-electron chi connectivity index (χ3n) is 4.05. The second kappa shape index (κ2) is 6.98. The van der Waals surface area contributed by atoms with Gasteiger partial charge in [0.05, 0.1) is 5.69 Å². The van der Waals surface area contributed by atoms with Crippen LogP contribution in [0.2, 0.25) is 5.02 Å². The average Bonchev–Trinajstić information content (AvgIpc) is 3.15. The highest BCUT2D eigenvalue weighted by Gasteiger charge is 2.29. The minimum Gasteiger partial charge on any atom is -0.333 e. The van der Waals surface area contributed by atoms with Crippen LogP contribution in [0.1, 0.15) is 36.6 Å². The molecule has 25 heavy (non-hydrogen) atoms. The van der Waals surface area contributed by atoms with E-state index in [0.717, 1.165) is 29.1 Å². The normalized spacial score (nSPS) is 13.8. The van der Waals surface area contributed by atoms with E-state index in [0.29, 0.717) is 35.4 Å². The molecule has 0 aliphatic heterocycles. The summed E-state index contributed by atoms with van der Waals surface area (Å²) in [6, 6.07) is 9.41. The number of rotatable bonds is 6. The minimum atomic E-state index is -0.0541. The number of hydrogen-bond acceptors (Lipinski definition) is 5. The van der Waals surface area contributed by atoms with Crippen LogP contribution in [0.4, 0.5) is 5.69 Å². The van der Waals surface area contributed by atoms with Gasteiger partial charge in [0, 0.05) is 17.4 Å². The highest BCUT2D eigenvalue weighted by molar-refractivity contribution is 7.14. The molecular weight excluding hydrogens is 358 g/mol. The van der Waals surface area contributed by atoms with E-state index in [-0.39, 0.29) is 5.91 Å². The maximum atomic E-state index is 12.3. The van der Waals surface area contributed by atoms with Crippen molar-refractivity contribution in [1.82, 2.24) is 10.1 Å². The molecule has 1 N–H and O–H groups in total. The fraction of sp³-hybridized carbons (Fsp3) is 0.278. The predicted molar refractivity (Wildman–Crippen MR) is 98.0 cm³/mol. The second-order valence-corrected chi connectivity index (χ2v) is 7.43. The van der Waals surface area contributed by atoms with Crippen molar-refractivity contribution in [3.63, 3.8) is 0 Å². The summed E-state index contributed by atoms with van der Waals surface area (Å²) in [4.78, 5) is 17.5. The van der Waals surface area contributed by atoms with Gasteiger partial charge in [0.2, 0.25) is 5.91 Å². The minimum absolute atomic E-state index is 0.0541. The number of carbonyl (C=O) groups is 1. The third-order valence-corrected chi connectivity index (χ3v) is 5.19. The Hall–Kier alpha value is -2.18. The number of nitrogens with zero attached hydrogens (tertiary/aromatic N) is 2. The van der Waals surface area contributed by atoms with E-state index in [9.17, 15) is 4.79 Å². The zero-order valence-corrected chi connectivity index (χ0v) is 14.9. The van der Waals surface area contributed by atoms with Crippen molar-refractivity contribution in [1.29, 1.82) is 0 Å². The quantitative estimate of drug-likeness (QED) is 0.667. The number of aryl methyl sites for hydroxylation is 1. The van der Waals surface area contributed by atoms with E-state index in [1.165, 1.54) is 11.3 Å². The number of thiophene rings is 1. The van der Waals surface area contributed by atoms with Gasteiger partial charge in [-0.25, -0.2) is 0 Å². The maximum Gasteiger partial charge on any atom is 0.270 e. The first-order chi connectivity index (χ1) is 12.2. The van der Waals surface area contributed by atoms with Gasteiger partial charge in [0.15, 0.2) is 5.82 Å². The Morgan fingerprint density at radius 2 is 2.24 bits per heavy atom. The molecule has 0 atom stereocenters. The number of aromatic nitrogens is 2. The lowest BCUT2D eigenvalue weighted by Crippen LogP contribution is -2.12. The smallest absolute Gasteiger partial charge is 0.270 e. The first-order valence-corrected chi connectivity index (χ1v) is 9.40. The van der Waals surface area contributed by atoms with E-state index in [1.54, 1.807) is 0 Å². The third kappa shape index (κ3) is 3.91. The van der Waals surface area contributed by atoms with Crippen molar-refractivity contribution in [2.45, 2.75) is 31.6 Å². The van der Waals surface area contributed by atoms with Crippen molar-refractivity contribution >= 4 is 34.5 Å². The molecule has 0 saturated heterocycles. The second-order valence-electron chi connectivity index (χ2n) is 6.07. The molecule has 2 heterocycles. The molecule has 2 aromatic heterocycles. The number of carbonyl (C=O) groups excluding carboxylic acids is 1. The molecule has 0 radical (unpaired) electrons. The molecule has 0 unspecified atom stereocenters. The summed E-state index contributed by atoms with van der Waals surface area (Å²) in [7, 11) is 0. The molecule has 1 aliphatic rings. The zero-order valence-electron chi connectivity index (χ0n) is 13.4. The molecule has 1 aliphatic carbocycles. The van der Waals surface area contributed by atoms with Crippen molar-refractivity contribution in [3.8, 4) is 10.8 Å². The monoisotopic (exact) mass is 373 g/mol. The molecule has 0 spiro atoms. The van der Waals surface area contributed by atoms with Gasteiger partial charge in [0.25, 0.3) is 5.89 Å². The van der Waals surface area contributed by atoms with Gasteiger partial charge < -0.3 is 9.84 Å². The summed E-state index contributed by atoms with van der Waals surface area (Å²) >= 11 is 7.45. The van der Waals surface area contributed by atoms with E-state index in [4.69, 9.17) is 16.1 Å². The number of nitrogens with one attached hydrogen (secondary N) is 1. The summed E-state index contributed by atoms with van der Waals surface area (Å²) in [6.07, 6.45) is 3.26. The maximum absolute atomic E-state index is 12.3. The molecular formula is C18H16ClN3O2S. The first kappa shape index (κ1) is 16.3. The number of anilines is 1. The van der Waals surface area contributed by atoms with Crippen LogP contribution in [0.15, 0.2) is 40.2 Å². The van der Waals surface area contributed by atoms with Crippen molar-refractivity contribution in [3.05, 3.63) is 52.1 Å². The van der Waals surface area contributed by atoms with Gasteiger partial charge in [-0.15, -0.1) is 11.3 Å². The van der Waals surface area contributed by atoms with Gasteiger partial charge in [-0.2, -0.15) is 4.98 Å². The van der Waals surface area contributed by atoms with Gasteiger partial charge in [0.1, 0.15) is 4.88 Å². The molecule has 0 bridgehead atoms. The van der Waals surface area contributed by atoms with Crippen LogP contribution in [0.3, 0.4) is 0 Å². The summed E-state index contributed by atoms with van der Waals surface area (Å²) < 4.78 is 5.36. The molecule has 1 amide bonds. The van der Waals surface area contributed by atoms with E-state index < -0.39 is 0 Å². The molecule has 4 rings (SSSR count). The molecule has 1 aromatic carbocycles. The van der Waals surface area contributed by atoms with Crippen LogP contribution >= 0.6 is 22.9 Å². The molecule has 5 nitrogen and oxygen atoms in total. The summed E-state index contributed by atoms with van der Waals surface area (Å²) in [5.41, 5.74) is 1.76. The van der Waals surface area contributed by atoms with Crippen molar-refractivity contribution in [2.75, 3.05) is 5.32 Å². The molecule has 1 fully saturated rings. The lowest BCUT2D eigenvalue weighted by Gasteiger charge is -2.05. The van der Waals surface area contributed by atoms with Crippen LogP contribution in [0.25, 0.3) is 10.8 Å². The molecule has 1 saturated carbocycles. The lowest BCUT2D eigenvalue weighted by atomic mass is 10.1.